The van der Waals surface area contributed by atoms with Gasteiger partial charge in [0.05, 0.1) is 5.69 Å². The standard InChI is InChI=1S/C16H19FN2OS/c17-13-3-1-12(2-4-13)16-19-15(11-20-16)5-8-18-14-6-9-21-10-7-14/h1-4,11,14,18H,5-10H2. The Hall–Kier alpha value is -1.33. The Labute approximate surface area is 128 Å². The molecule has 1 aliphatic heterocycles. The van der Waals surface area contributed by atoms with E-state index in [4.69, 9.17) is 4.42 Å². The van der Waals surface area contributed by atoms with Gasteiger partial charge in [-0.25, -0.2) is 9.37 Å². The van der Waals surface area contributed by atoms with Crippen molar-refractivity contribution in [2.24, 2.45) is 0 Å². The van der Waals surface area contributed by atoms with E-state index in [1.54, 1.807) is 18.4 Å². The van der Waals surface area contributed by atoms with E-state index in [-0.39, 0.29) is 5.82 Å². The van der Waals surface area contributed by atoms with Crippen LogP contribution in [0, 0.1) is 5.82 Å². The third-order valence-electron chi connectivity index (χ3n) is 3.68. The molecule has 0 bridgehead atoms. The van der Waals surface area contributed by atoms with Crippen LogP contribution in [0.3, 0.4) is 0 Å². The number of hydrogen-bond acceptors (Lipinski definition) is 4. The molecule has 0 unspecified atom stereocenters. The first-order chi connectivity index (χ1) is 10.3. The van der Waals surface area contributed by atoms with Crippen LogP contribution in [0.4, 0.5) is 4.39 Å². The maximum absolute atomic E-state index is 12.9. The number of aromatic nitrogens is 1. The van der Waals surface area contributed by atoms with Crippen LogP contribution in [-0.2, 0) is 6.42 Å². The molecule has 0 atom stereocenters. The zero-order chi connectivity index (χ0) is 14.5. The van der Waals surface area contributed by atoms with Gasteiger partial charge < -0.3 is 9.73 Å². The van der Waals surface area contributed by atoms with Gasteiger partial charge in [0.1, 0.15) is 12.1 Å². The molecule has 0 amide bonds. The maximum Gasteiger partial charge on any atom is 0.226 e. The van der Waals surface area contributed by atoms with Gasteiger partial charge in [-0.15, -0.1) is 0 Å². The Morgan fingerprint density at radius 1 is 1.24 bits per heavy atom. The third kappa shape index (κ3) is 4.08. The summed E-state index contributed by atoms with van der Waals surface area (Å²) in [7, 11) is 0. The largest absolute Gasteiger partial charge is 0.444 e. The van der Waals surface area contributed by atoms with E-state index in [0.717, 1.165) is 24.2 Å². The molecular formula is C16H19FN2OS. The van der Waals surface area contributed by atoms with Crippen molar-refractivity contribution in [3.8, 4) is 11.5 Å². The number of thioether (sulfide) groups is 1. The van der Waals surface area contributed by atoms with E-state index in [2.05, 4.69) is 10.3 Å². The second-order valence-corrected chi connectivity index (χ2v) is 6.47. The maximum atomic E-state index is 12.9. The lowest BCUT2D eigenvalue weighted by atomic mass is 10.1. The molecule has 0 aliphatic carbocycles. The Balaban J connectivity index is 1.51. The fourth-order valence-corrected chi connectivity index (χ4v) is 3.56. The SMILES string of the molecule is Fc1ccc(-c2nc(CCNC3CCSCC3)co2)cc1. The summed E-state index contributed by atoms with van der Waals surface area (Å²) in [6.45, 7) is 0.921. The number of halogens is 1. The molecule has 1 N–H and O–H groups in total. The van der Waals surface area contributed by atoms with E-state index in [9.17, 15) is 4.39 Å². The molecule has 2 aromatic rings. The Kier molecular flexibility index (Phi) is 4.93. The van der Waals surface area contributed by atoms with Gasteiger partial charge >= 0.3 is 0 Å². The van der Waals surface area contributed by atoms with Crippen LogP contribution in [0.15, 0.2) is 34.9 Å². The molecule has 5 heteroatoms. The normalized spacial score (nSPS) is 16.2. The first kappa shape index (κ1) is 14.6. The molecule has 1 aromatic carbocycles. The highest BCUT2D eigenvalue weighted by Gasteiger charge is 2.13. The van der Waals surface area contributed by atoms with Crippen molar-refractivity contribution in [3.05, 3.63) is 42.0 Å². The molecule has 1 saturated heterocycles. The summed E-state index contributed by atoms with van der Waals surface area (Å²) in [6.07, 6.45) is 5.06. The molecule has 2 heterocycles. The molecule has 112 valence electrons. The minimum Gasteiger partial charge on any atom is -0.444 e. The Morgan fingerprint density at radius 3 is 2.76 bits per heavy atom. The zero-order valence-electron chi connectivity index (χ0n) is 11.8. The second-order valence-electron chi connectivity index (χ2n) is 5.24. The van der Waals surface area contributed by atoms with Crippen LogP contribution in [-0.4, -0.2) is 29.1 Å². The van der Waals surface area contributed by atoms with Crippen LogP contribution in [0.5, 0.6) is 0 Å². The highest BCUT2D eigenvalue weighted by molar-refractivity contribution is 7.99. The van der Waals surface area contributed by atoms with Gasteiger partial charge in [0, 0.05) is 24.6 Å². The van der Waals surface area contributed by atoms with Crippen LogP contribution in [0.25, 0.3) is 11.5 Å². The predicted octanol–water partition coefficient (Wildman–Crippen LogP) is 3.51. The van der Waals surface area contributed by atoms with E-state index >= 15 is 0 Å². The van der Waals surface area contributed by atoms with Gasteiger partial charge in [0.15, 0.2) is 0 Å². The van der Waals surface area contributed by atoms with Crippen molar-refractivity contribution < 1.29 is 8.81 Å². The number of nitrogens with zero attached hydrogens (tertiary/aromatic N) is 1. The average Bonchev–Trinajstić information content (AvgIpc) is 2.98. The molecule has 3 nitrogen and oxygen atoms in total. The molecule has 1 fully saturated rings. The summed E-state index contributed by atoms with van der Waals surface area (Å²) in [6, 6.07) is 6.85. The molecule has 0 saturated carbocycles. The Morgan fingerprint density at radius 2 is 2.00 bits per heavy atom. The minimum absolute atomic E-state index is 0.250. The van der Waals surface area contributed by atoms with Crippen LogP contribution in [0.2, 0.25) is 0 Å². The molecule has 0 spiro atoms. The summed E-state index contributed by atoms with van der Waals surface area (Å²) in [5, 5.41) is 3.58. The Bertz CT molecular complexity index is 564. The van der Waals surface area contributed by atoms with E-state index in [0.29, 0.717) is 11.9 Å². The number of nitrogens with one attached hydrogen (secondary N) is 1. The third-order valence-corrected chi connectivity index (χ3v) is 4.73. The summed E-state index contributed by atoms with van der Waals surface area (Å²) in [5.41, 5.74) is 1.74. The first-order valence-electron chi connectivity index (χ1n) is 7.33. The zero-order valence-corrected chi connectivity index (χ0v) is 12.7. The average molecular weight is 306 g/mol. The summed E-state index contributed by atoms with van der Waals surface area (Å²) in [4.78, 5) is 4.46. The van der Waals surface area contributed by atoms with Crippen molar-refractivity contribution in [1.29, 1.82) is 0 Å². The monoisotopic (exact) mass is 306 g/mol. The first-order valence-corrected chi connectivity index (χ1v) is 8.48. The van der Waals surface area contributed by atoms with Crippen LogP contribution < -0.4 is 5.32 Å². The number of oxazole rings is 1. The van der Waals surface area contributed by atoms with Crippen LogP contribution in [0.1, 0.15) is 18.5 Å². The fraction of sp³-hybridized carbons (Fsp3) is 0.438. The van der Waals surface area contributed by atoms with E-state index in [1.807, 2.05) is 11.8 Å². The smallest absolute Gasteiger partial charge is 0.226 e. The fourth-order valence-electron chi connectivity index (χ4n) is 2.45. The van der Waals surface area contributed by atoms with Gasteiger partial charge in [-0.2, -0.15) is 11.8 Å². The van der Waals surface area contributed by atoms with Crippen LogP contribution >= 0.6 is 11.8 Å². The van der Waals surface area contributed by atoms with Gasteiger partial charge in [-0.1, -0.05) is 0 Å². The summed E-state index contributed by atoms with van der Waals surface area (Å²) >= 11 is 2.04. The summed E-state index contributed by atoms with van der Waals surface area (Å²) < 4.78 is 18.4. The van der Waals surface area contributed by atoms with Crippen molar-refractivity contribution in [1.82, 2.24) is 10.3 Å². The highest BCUT2D eigenvalue weighted by atomic mass is 32.2. The molecule has 21 heavy (non-hydrogen) atoms. The van der Waals surface area contributed by atoms with E-state index in [1.165, 1.54) is 36.5 Å². The summed E-state index contributed by atoms with van der Waals surface area (Å²) in [5.74, 6) is 2.83. The number of rotatable bonds is 5. The lowest BCUT2D eigenvalue weighted by Gasteiger charge is -2.22. The van der Waals surface area contributed by atoms with E-state index < -0.39 is 0 Å². The lowest BCUT2D eigenvalue weighted by Crippen LogP contribution is -2.33. The van der Waals surface area contributed by atoms with Gasteiger partial charge in [-0.05, 0) is 48.6 Å². The quantitative estimate of drug-likeness (QED) is 0.917. The molecule has 0 radical (unpaired) electrons. The molecule has 1 aromatic heterocycles. The second kappa shape index (κ2) is 7.09. The minimum atomic E-state index is -0.250. The van der Waals surface area contributed by atoms with Gasteiger partial charge in [-0.3, -0.25) is 0 Å². The number of hydrogen-bond donors (Lipinski definition) is 1. The topological polar surface area (TPSA) is 38.1 Å². The lowest BCUT2D eigenvalue weighted by molar-refractivity contribution is 0.484. The van der Waals surface area contributed by atoms with Crippen molar-refractivity contribution in [2.45, 2.75) is 25.3 Å². The molecule has 1 aliphatic rings. The van der Waals surface area contributed by atoms with Crippen molar-refractivity contribution >= 4 is 11.8 Å². The number of benzene rings is 1. The predicted molar refractivity (Wildman–Crippen MR) is 84.0 cm³/mol. The van der Waals surface area contributed by atoms with Crippen molar-refractivity contribution in [3.63, 3.8) is 0 Å². The van der Waals surface area contributed by atoms with Gasteiger partial charge in [0.2, 0.25) is 5.89 Å². The highest BCUT2D eigenvalue weighted by Crippen LogP contribution is 2.19. The molecular weight excluding hydrogens is 287 g/mol. The van der Waals surface area contributed by atoms with Gasteiger partial charge in [0.25, 0.3) is 0 Å². The molecule has 3 rings (SSSR count). The van der Waals surface area contributed by atoms with Crippen molar-refractivity contribution in [2.75, 3.05) is 18.1 Å².